The van der Waals surface area contributed by atoms with E-state index in [2.05, 4.69) is 28.8 Å². The second-order valence-corrected chi connectivity index (χ2v) is 10.9. The standard InChI is InChI=1S/C35H35FN4O4.CH4O/c1-5-35(3,6-2)20-27-33(43-4)32(25-16-15-24(19-26(25)36)44-22-23-11-8-7-9-12-23)40(34(42)28-21-37-17-18-38-28)29-13-10-14-30(41)31(29)39-27;1-2/h5,7-19,21,32,39,41H,1,6,20,22H2,2-4H3;2H,1H3. The highest BCUT2D eigenvalue weighted by Gasteiger charge is 2.40. The molecule has 9 nitrogen and oxygen atoms in total. The summed E-state index contributed by atoms with van der Waals surface area (Å²) in [5, 5.41) is 21.4. The minimum absolute atomic E-state index is 0.0402. The van der Waals surface area contributed by atoms with Gasteiger partial charge < -0.3 is 25.0 Å². The van der Waals surface area contributed by atoms with Gasteiger partial charge in [-0.05, 0) is 48.1 Å². The van der Waals surface area contributed by atoms with Crippen LogP contribution in [0.25, 0.3) is 0 Å². The molecule has 0 fully saturated rings. The number of hydrogen-bond acceptors (Lipinski definition) is 8. The lowest BCUT2D eigenvalue weighted by Gasteiger charge is -2.33. The van der Waals surface area contributed by atoms with Gasteiger partial charge in [-0.1, -0.05) is 56.3 Å². The Labute approximate surface area is 268 Å². The fourth-order valence-electron chi connectivity index (χ4n) is 5.20. The predicted molar refractivity (Wildman–Crippen MR) is 176 cm³/mol. The number of aromatic nitrogens is 2. The molecule has 1 aliphatic heterocycles. The van der Waals surface area contributed by atoms with Crippen LogP contribution in [0, 0.1) is 11.2 Å². The van der Waals surface area contributed by atoms with Crippen molar-refractivity contribution in [3.63, 3.8) is 0 Å². The topological polar surface area (TPSA) is 117 Å². The quantitative estimate of drug-likeness (QED) is 0.125. The van der Waals surface area contributed by atoms with E-state index in [1.807, 2.05) is 43.3 Å². The molecule has 5 rings (SSSR count). The first-order valence-corrected chi connectivity index (χ1v) is 14.8. The van der Waals surface area contributed by atoms with E-state index >= 15 is 4.39 Å². The first kappa shape index (κ1) is 33.7. The Kier molecular flexibility index (Phi) is 11.1. The number of para-hydroxylation sites is 1. The summed E-state index contributed by atoms with van der Waals surface area (Å²) < 4.78 is 28.2. The van der Waals surface area contributed by atoms with Crippen molar-refractivity contribution in [3.05, 3.63) is 132 Å². The number of aliphatic hydroxyl groups is 1. The van der Waals surface area contributed by atoms with Crippen LogP contribution in [-0.2, 0) is 11.3 Å². The molecule has 1 aromatic heterocycles. The highest BCUT2D eigenvalue weighted by atomic mass is 19.1. The number of fused-ring (bicyclic) bond motifs is 1. The molecule has 2 unspecified atom stereocenters. The number of allylic oxidation sites excluding steroid dienone is 2. The molecule has 0 saturated heterocycles. The maximum Gasteiger partial charge on any atom is 0.279 e. The number of aliphatic hydroxyl groups excluding tert-OH is 1. The molecule has 0 bridgehead atoms. The molecule has 2 atom stereocenters. The summed E-state index contributed by atoms with van der Waals surface area (Å²) in [6.45, 7) is 8.40. The van der Waals surface area contributed by atoms with Gasteiger partial charge in [-0.25, -0.2) is 9.37 Å². The minimum atomic E-state index is -1.09. The van der Waals surface area contributed by atoms with Crippen LogP contribution in [0.2, 0.25) is 0 Å². The zero-order chi connectivity index (χ0) is 33.3. The summed E-state index contributed by atoms with van der Waals surface area (Å²) in [5.74, 6) is -0.610. The van der Waals surface area contributed by atoms with E-state index in [1.54, 1.807) is 24.3 Å². The van der Waals surface area contributed by atoms with Crippen LogP contribution in [0.4, 0.5) is 15.8 Å². The van der Waals surface area contributed by atoms with Crippen molar-refractivity contribution in [1.82, 2.24) is 9.97 Å². The van der Waals surface area contributed by atoms with Gasteiger partial charge >= 0.3 is 0 Å². The van der Waals surface area contributed by atoms with Crippen LogP contribution in [0.5, 0.6) is 11.5 Å². The average molecular weight is 627 g/mol. The predicted octanol–water partition coefficient (Wildman–Crippen LogP) is 7.17. The number of carbonyl (C=O) groups excluding carboxylic acids is 1. The molecule has 1 amide bonds. The number of aromatic hydroxyl groups is 1. The van der Waals surface area contributed by atoms with Crippen LogP contribution in [0.15, 0.2) is 109 Å². The molecule has 0 aliphatic carbocycles. The number of amides is 1. The van der Waals surface area contributed by atoms with Crippen LogP contribution in [0.3, 0.4) is 0 Å². The Bertz CT molecular complexity index is 1680. The summed E-state index contributed by atoms with van der Waals surface area (Å²) >= 11 is 0. The summed E-state index contributed by atoms with van der Waals surface area (Å²) in [6.07, 6.45) is 7.25. The average Bonchev–Trinajstić information content (AvgIpc) is 3.23. The maximum absolute atomic E-state index is 16.3. The van der Waals surface area contributed by atoms with Gasteiger partial charge in [-0.2, -0.15) is 0 Å². The van der Waals surface area contributed by atoms with E-state index in [1.165, 1.54) is 42.7 Å². The van der Waals surface area contributed by atoms with Gasteiger partial charge in [0, 0.05) is 31.1 Å². The Hall–Kier alpha value is -5.22. The minimum Gasteiger partial charge on any atom is -0.506 e. The number of hydrogen-bond donors (Lipinski definition) is 3. The third-order valence-electron chi connectivity index (χ3n) is 7.98. The summed E-state index contributed by atoms with van der Waals surface area (Å²) in [5.41, 5.74) is 1.94. The number of anilines is 2. The van der Waals surface area contributed by atoms with E-state index in [-0.39, 0.29) is 34.7 Å². The summed E-state index contributed by atoms with van der Waals surface area (Å²) in [6, 6.07) is 17.9. The number of benzene rings is 3. The molecule has 0 spiro atoms. The number of nitrogens with one attached hydrogen (secondary N) is 1. The highest BCUT2D eigenvalue weighted by Crippen LogP contribution is 2.48. The van der Waals surface area contributed by atoms with E-state index in [4.69, 9.17) is 14.6 Å². The van der Waals surface area contributed by atoms with E-state index < -0.39 is 17.8 Å². The summed E-state index contributed by atoms with van der Waals surface area (Å²) in [7, 11) is 2.48. The molecule has 3 aromatic carbocycles. The first-order valence-electron chi connectivity index (χ1n) is 14.8. The molecule has 1 aliphatic rings. The normalized spacial score (nSPS) is 15.3. The van der Waals surface area contributed by atoms with Crippen molar-refractivity contribution in [2.45, 2.75) is 39.3 Å². The number of methoxy groups -OCH3 is 1. The lowest BCUT2D eigenvalue weighted by Crippen LogP contribution is -2.37. The molecule has 10 heteroatoms. The Morgan fingerprint density at radius 2 is 1.89 bits per heavy atom. The highest BCUT2D eigenvalue weighted by molar-refractivity contribution is 6.08. The largest absolute Gasteiger partial charge is 0.506 e. The second-order valence-electron chi connectivity index (χ2n) is 10.9. The van der Waals surface area contributed by atoms with Gasteiger partial charge in [0.1, 0.15) is 47.1 Å². The zero-order valence-corrected chi connectivity index (χ0v) is 26.4. The van der Waals surface area contributed by atoms with Crippen LogP contribution in [-0.4, -0.2) is 40.3 Å². The van der Waals surface area contributed by atoms with Gasteiger partial charge in [0.05, 0.1) is 24.7 Å². The Morgan fingerprint density at radius 1 is 1.13 bits per heavy atom. The third kappa shape index (κ3) is 7.18. The molecule has 46 heavy (non-hydrogen) atoms. The van der Waals surface area contributed by atoms with E-state index in [9.17, 15) is 9.90 Å². The van der Waals surface area contributed by atoms with E-state index in [0.29, 0.717) is 29.3 Å². The summed E-state index contributed by atoms with van der Waals surface area (Å²) in [4.78, 5) is 24.0. The number of ether oxygens (including phenoxy) is 2. The maximum atomic E-state index is 16.3. The van der Waals surface area contributed by atoms with Crippen molar-refractivity contribution < 1.29 is 28.9 Å². The number of nitrogens with zero attached hydrogens (tertiary/aromatic N) is 3. The second kappa shape index (κ2) is 15.2. The van der Waals surface area contributed by atoms with Crippen LogP contribution in [0.1, 0.15) is 54.3 Å². The third-order valence-corrected chi connectivity index (χ3v) is 7.98. The number of phenolic OH excluding ortho intramolecular Hbond substituents is 1. The number of phenols is 1. The van der Waals surface area contributed by atoms with Gasteiger partial charge in [-0.3, -0.25) is 14.7 Å². The SMILES string of the molecule is C=CC(C)(CC)CC1=C(OC)C(c2ccc(OCc3ccccc3)cc2F)N(C(=O)c2cnccn2)c2cccc(O)c2N1.CO. The number of carbonyl (C=O) groups is 1. The lowest BCUT2D eigenvalue weighted by atomic mass is 9.82. The molecule has 4 aromatic rings. The monoisotopic (exact) mass is 626 g/mol. The smallest absolute Gasteiger partial charge is 0.279 e. The van der Waals surface area contributed by atoms with Crippen molar-refractivity contribution in [3.8, 4) is 11.5 Å². The van der Waals surface area contributed by atoms with Gasteiger partial charge in [0.25, 0.3) is 5.91 Å². The number of halogens is 1. The van der Waals surface area contributed by atoms with Crippen LogP contribution < -0.4 is 15.0 Å². The number of rotatable bonds is 10. The Balaban J connectivity index is 0.00000235. The lowest BCUT2D eigenvalue weighted by molar-refractivity contribution is 0.0965. The molecule has 3 N–H and O–H groups in total. The van der Waals surface area contributed by atoms with E-state index in [0.717, 1.165) is 19.1 Å². The van der Waals surface area contributed by atoms with Gasteiger partial charge in [0.2, 0.25) is 0 Å². The fraction of sp³-hybridized carbons (Fsp3) is 0.250. The van der Waals surface area contributed by atoms with Crippen LogP contribution >= 0.6 is 0 Å². The Morgan fingerprint density at radius 3 is 2.52 bits per heavy atom. The fourth-order valence-corrected chi connectivity index (χ4v) is 5.20. The molecule has 0 saturated carbocycles. The van der Waals surface area contributed by atoms with Crippen molar-refractivity contribution in [2.24, 2.45) is 5.41 Å². The van der Waals surface area contributed by atoms with Gasteiger partial charge in [0.15, 0.2) is 0 Å². The molecule has 240 valence electrons. The first-order chi connectivity index (χ1) is 22.3. The molecular formula is C36H39FN4O5. The van der Waals surface area contributed by atoms with Crippen molar-refractivity contribution >= 4 is 17.3 Å². The zero-order valence-electron chi connectivity index (χ0n) is 26.4. The molecular weight excluding hydrogens is 587 g/mol. The molecule has 2 heterocycles. The van der Waals surface area contributed by atoms with Crippen molar-refractivity contribution in [1.29, 1.82) is 0 Å². The van der Waals surface area contributed by atoms with Crippen molar-refractivity contribution in [2.75, 3.05) is 24.4 Å². The van der Waals surface area contributed by atoms with Gasteiger partial charge in [-0.15, -0.1) is 6.58 Å². The molecule has 0 radical (unpaired) electrons.